The number of carbonyl (C=O) groups excluding carboxylic acids is 7. The first-order valence-electron chi connectivity index (χ1n) is 19.5. The van der Waals surface area contributed by atoms with Crippen LogP contribution in [-0.4, -0.2) is 165 Å². The van der Waals surface area contributed by atoms with Gasteiger partial charge in [0.05, 0.1) is 12.5 Å². The predicted octanol–water partition coefficient (Wildman–Crippen LogP) is -2.69. The van der Waals surface area contributed by atoms with Gasteiger partial charge in [-0.15, -0.1) is 0 Å². The fourth-order valence-electron chi connectivity index (χ4n) is 5.94. The average molecular weight is 892 g/mol. The van der Waals surface area contributed by atoms with Gasteiger partial charge in [-0.25, -0.2) is 4.79 Å². The second kappa shape index (κ2) is 28.0. The highest BCUT2D eigenvalue weighted by Gasteiger charge is 2.40. The van der Waals surface area contributed by atoms with Crippen LogP contribution in [0.2, 0.25) is 0 Å². The zero-order chi connectivity index (χ0) is 45.5. The number of aliphatic carboxylic acids is 3. The molecule has 1 fully saturated rings. The third-order valence-electron chi connectivity index (χ3n) is 9.39. The molecule has 340 valence electrons. The van der Waals surface area contributed by atoms with E-state index < -0.39 is 127 Å². The first-order valence-corrected chi connectivity index (χ1v) is 22.3. The molecule has 1 aliphatic rings. The standard InChI is InChI=1S/C36H61N9O13S2/c1-19(40-32(53)22(8-5-6-14-37)42-31(52)21(38)12-16-59-3)29(50)39-20(2)30(51)41-23(10-11-27(46)47)33(54)44-25(18-28(48)49)35(56)45-15-7-9-26(45)34(55)43-24(36(57)58)13-17-60-4/h19-26H,5-18,37-38H2,1-4H3,(H,39,50)(H,40,53)(H,41,51)(H,42,52)(H,43,55)(H,44,54)(H,46,47)(H,48,49)(H,57,58)/t19-,20-,21-,22-,23-,24-,25-,26-/m0/s1. The van der Waals surface area contributed by atoms with Crippen LogP contribution in [-0.2, 0) is 47.9 Å². The molecule has 8 atom stereocenters. The number of amides is 7. The zero-order valence-corrected chi connectivity index (χ0v) is 36.0. The molecule has 1 rings (SSSR count). The molecule has 24 heteroatoms. The number of unbranched alkanes of at least 4 members (excludes halogenated alkanes) is 1. The lowest BCUT2D eigenvalue weighted by Gasteiger charge is -2.30. The van der Waals surface area contributed by atoms with E-state index in [0.29, 0.717) is 43.7 Å². The number of hydrogen-bond acceptors (Lipinski definition) is 14. The van der Waals surface area contributed by atoms with Gasteiger partial charge in [0, 0.05) is 13.0 Å². The number of carbonyl (C=O) groups is 10. The van der Waals surface area contributed by atoms with Crippen LogP contribution < -0.4 is 43.4 Å². The van der Waals surface area contributed by atoms with E-state index in [0.717, 1.165) is 4.90 Å². The lowest BCUT2D eigenvalue weighted by atomic mass is 10.1. The Morgan fingerprint density at radius 2 is 1.18 bits per heavy atom. The van der Waals surface area contributed by atoms with E-state index >= 15 is 0 Å². The lowest BCUT2D eigenvalue weighted by molar-refractivity contribution is -0.147. The van der Waals surface area contributed by atoms with Gasteiger partial charge >= 0.3 is 17.9 Å². The number of nitrogens with two attached hydrogens (primary N) is 2. The Hall–Kier alpha value is -4.68. The normalized spacial score (nSPS) is 17.0. The lowest BCUT2D eigenvalue weighted by Crippen LogP contribution is -2.59. The Bertz CT molecular complexity index is 1530. The third-order valence-corrected chi connectivity index (χ3v) is 10.7. The van der Waals surface area contributed by atoms with Crippen LogP contribution in [0.15, 0.2) is 0 Å². The van der Waals surface area contributed by atoms with Gasteiger partial charge in [-0.2, -0.15) is 23.5 Å². The summed E-state index contributed by atoms with van der Waals surface area (Å²) in [7, 11) is 0. The topological polar surface area (TPSA) is 359 Å². The second-order valence-electron chi connectivity index (χ2n) is 14.2. The molecule has 0 spiro atoms. The summed E-state index contributed by atoms with van der Waals surface area (Å²) in [6.07, 6.45) is 3.65. The molecule has 0 aliphatic carbocycles. The molecule has 0 bridgehead atoms. The summed E-state index contributed by atoms with van der Waals surface area (Å²) in [5, 5.41) is 42.9. The largest absolute Gasteiger partial charge is 0.481 e. The molecular formula is C36H61N9O13S2. The van der Waals surface area contributed by atoms with Gasteiger partial charge in [-0.05, 0) is 95.8 Å². The van der Waals surface area contributed by atoms with Crippen molar-refractivity contribution >= 4 is 82.8 Å². The third kappa shape index (κ3) is 19.1. The predicted molar refractivity (Wildman–Crippen MR) is 221 cm³/mol. The molecule has 1 saturated heterocycles. The van der Waals surface area contributed by atoms with Crippen molar-refractivity contribution < 1.29 is 63.3 Å². The van der Waals surface area contributed by atoms with Crippen LogP contribution in [0.1, 0.15) is 78.1 Å². The number of nitrogens with zero attached hydrogens (tertiary/aromatic N) is 1. The molecule has 0 radical (unpaired) electrons. The Morgan fingerprint density at radius 1 is 0.650 bits per heavy atom. The van der Waals surface area contributed by atoms with Gasteiger partial charge in [0.25, 0.3) is 0 Å². The monoisotopic (exact) mass is 891 g/mol. The molecule has 0 saturated carbocycles. The highest BCUT2D eigenvalue weighted by atomic mass is 32.2. The number of carboxylic acids is 3. The van der Waals surface area contributed by atoms with Crippen molar-refractivity contribution in [3.63, 3.8) is 0 Å². The molecule has 7 amide bonds. The van der Waals surface area contributed by atoms with Gasteiger partial charge in [-0.1, -0.05) is 0 Å². The SMILES string of the molecule is CSCC[C@H](NC(=O)[C@@H]1CCCN1C(=O)[C@H](CC(=O)O)NC(=O)[C@H](CCC(=O)O)NC(=O)[C@H](C)NC(=O)[C@H](C)NC(=O)[C@H](CCCCN)NC(=O)[C@@H](N)CCSC)C(=O)O. The van der Waals surface area contributed by atoms with Crippen molar-refractivity contribution in [2.75, 3.05) is 37.1 Å². The van der Waals surface area contributed by atoms with E-state index in [1.165, 1.54) is 37.4 Å². The Labute approximate surface area is 356 Å². The molecule has 0 aromatic carbocycles. The van der Waals surface area contributed by atoms with E-state index in [9.17, 15) is 63.3 Å². The van der Waals surface area contributed by atoms with Gasteiger partial charge in [0.15, 0.2) is 0 Å². The van der Waals surface area contributed by atoms with Crippen molar-refractivity contribution in [3.8, 4) is 0 Å². The van der Waals surface area contributed by atoms with Crippen LogP contribution in [0.25, 0.3) is 0 Å². The van der Waals surface area contributed by atoms with Crippen LogP contribution in [0, 0.1) is 0 Å². The summed E-state index contributed by atoms with van der Waals surface area (Å²) < 4.78 is 0. The Balaban J connectivity index is 3.09. The quantitative estimate of drug-likeness (QED) is 0.0341. The molecule has 0 aromatic rings. The number of rotatable bonds is 29. The number of hydrogen-bond donors (Lipinski definition) is 11. The molecule has 0 aromatic heterocycles. The molecule has 0 unspecified atom stereocenters. The maximum Gasteiger partial charge on any atom is 0.326 e. The molecule has 1 heterocycles. The Kier molecular flexibility index (Phi) is 24.9. The molecule has 1 aliphatic heterocycles. The van der Waals surface area contributed by atoms with Crippen molar-refractivity contribution in [1.82, 2.24) is 36.8 Å². The molecular weight excluding hydrogens is 831 g/mol. The van der Waals surface area contributed by atoms with Crippen LogP contribution in [0.4, 0.5) is 0 Å². The van der Waals surface area contributed by atoms with Crippen LogP contribution in [0.5, 0.6) is 0 Å². The molecule has 13 N–H and O–H groups in total. The number of thioether (sulfide) groups is 2. The fraction of sp³-hybridized carbons (Fsp3) is 0.722. The smallest absolute Gasteiger partial charge is 0.326 e. The van der Waals surface area contributed by atoms with E-state index in [1.54, 1.807) is 6.26 Å². The minimum absolute atomic E-state index is 0.0170. The van der Waals surface area contributed by atoms with Crippen molar-refractivity contribution in [1.29, 1.82) is 0 Å². The van der Waals surface area contributed by atoms with Gasteiger partial charge in [0.1, 0.15) is 42.3 Å². The zero-order valence-electron chi connectivity index (χ0n) is 34.4. The maximum atomic E-state index is 13.7. The highest BCUT2D eigenvalue weighted by molar-refractivity contribution is 7.98. The minimum Gasteiger partial charge on any atom is -0.481 e. The maximum absolute atomic E-state index is 13.7. The number of likely N-dealkylation sites (tertiary alicyclic amines) is 1. The summed E-state index contributed by atoms with van der Waals surface area (Å²) in [5.41, 5.74) is 11.5. The van der Waals surface area contributed by atoms with E-state index in [1.807, 2.05) is 6.26 Å². The first-order chi connectivity index (χ1) is 28.3. The van der Waals surface area contributed by atoms with Crippen molar-refractivity contribution in [2.45, 2.75) is 126 Å². The first kappa shape index (κ1) is 53.3. The number of nitrogens with one attached hydrogen (secondary N) is 6. The molecule has 60 heavy (non-hydrogen) atoms. The molecule has 22 nitrogen and oxygen atoms in total. The number of carboxylic acid groups (broad SMARTS) is 3. The summed E-state index contributed by atoms with van der Waals surface area (Å²) in [4.78, 5) is 129. The highest BCUT2D eigenvalue weighted by Crippen LogP contribution is 2.20. The Morgan fingerprint density at radius 3 is 1.75 bits per heavy atom. The van der Waals surface area contributed by atoms with Gasteiger partial charge < -0.3 is 63.6 Å². The van der Waals surface area contributed by atoms with Crippen LogP contribution in [0.3, 0.4) is 0 Å². The van der Waals surface area contributed by atoms with E-state index in [2.05, 4.69) is 31.9 Å². The summed E-state index contributed by atoms with van der Waals surface area (Å²) in [5.74, 6) is -9.04. The van der Waals surface area contributed by atoms with Crippen molar-refractivity contribution in [3.05, 3.63) is 0 Å². The second-order valence-corrected chi connectivity index (χ2v) is 16.2. The van der Waals surface area contributed by atoms with Crippen LogP contribution >= 0.6 is 23.5 Å². The van der Waals surface area contributed by atoms with E-state index in [-0.39, 0.29) is 25.8 Å². The summed E-state index contributed by atoms with van der Waals surface area (Å²) in [6, 6.07) is -10.4. The minimum atomic E-state index is -1.78. The average Bonchev–Trinajstić information content (AvgIpc) is 3.68. The summed E-state index contributed by atoms with van der Waals surface area (Å²) in [6.45, 7) is 2.90. The van der Waals surface area contributed by atoms with Crippen molar-refractivity contribution in [2.24, 2.45) is 11.5 Å². The fourth-order valence-corrected chi connectivity index (χ4v) is 6.91. The van der Waals surface area contributed by atoms with E-state index in [4.69, 9.17) is 11.5 Å². The summed E-state index contributed by atoms with van der Waals surface area (Å²) >= 11 is 2.87. The van der Waals surface area contributed by atoms with Gasteiger partial charge in [-0.3, -0.25) is 43.2 Å². The van der Waals surface area contributed by atoms with Gasteiger partial charge in [0.2, 0.25) is 41.4 Å².